The van der Waals surface area contributed by atoms with Crippen molar-refractivity contribution in [1.29, 1.82) is 0 Å². The molecule has 0 aliphatic rings. The minimum absolute atomic E-state index is 0.320. The predicted octanol–water partition coefficient (Wildman–Crippen LogP) is 3.06. The van der Waals surface area contributed by atoms with Crippen LogP contribution < -0.4 is 11.1 Å². The molecule has 0 amide bonds. The van der Waals surface area contributed by atoms with Gasteiger partial charge in [0.2, 0.25) is 5.95 Å². The van der Waals surface area contributed by atoms with E-state index in [4.69, 9.17) is 17.3 Å². The topological polar surface area (TPSA) is 63.8 Å². The van der Waals surface area contributed by atoms with Crippen LogP contribution in [0.3, 0.4) is 0 Å². The Labute approximate surface area is 111 Å². The van der Waals surface area contributed by atoms with Crippen molar-refractivity contribution in [2.45, 2.75) is 0 Å². The van der Waals surface area contributed by atoms with Gasteiger partial charge in [0.25, 0.3) is 0 Å². The van der Waals surface area contributed by atoms with E-state index < -0.39 is 0 Å². The third kappa shape index (κ3) is 2.96. The first-order chi connectivity index (χ1) is 7.63. The molecule has 2 rings (SSSR count). The first-order valence-electron chi connectivity index (χ1n) is 4.46. The normalized spacial score (nSPS) is 10.1. The molecular formula is C10H8ClIN4. The lowest BCUT2D eigenvalue weighted by atomic mass is 10.3. The van der Waals surface area contributed by atoms with Crippen LogP contribution in [0.25, 0.3) is 0 Å². The van der Waals surface area contributed by atoms with Crippen molar-refractivity contribution in [1.82, 2.24) is 9.97 Å². The van der Waals surface area contributed by atoms with Crippen molar-refractivity contribution in [3.63, 3.8) is 0 Å². The smallest absolute Gasteiger partial charge is 0.230 e. The van der Waals surface area contributed by atoms with Crippen LogP contribution in [0.15, 0.2) is 30.3 Å². The van der Waals surface area contributed by atoms with Crippen molar-refractivity contribution in [2.75, 3.05) is 11.1 Å². The molecule has 2 aromatic rings. The third-order valence-electron chi connectivity index (χ3n) is 1.82. The number of nitrogens with zero attached hydrogens (tertiary/aromatic N) is 2. The second kappa shape index (κ2) is 4.84. The first-order valence-corrected chi connectivity index (χ1v) is 5.92. The zero-order valence-corrected chi connectivity index (χ0v) is 11.0. The molecule has 0 aliphatic carbocycles. The number of nitrogens with one attached hydrogen (secondary N) is 1. The molecule has 0 saturated heterocycles. The Bertz CT molecular complexity index is 480. The molecule has 0 saturated carbocycles. The fourth-order valence-electron chi connectivity index (χ4n) is 1.15. The van der Waals surface area contributed by atoms with Crippen LogP contribution in [0, 0.1) is 3.57 Å². The Balaban J connectivity index is 2.23. The molecule has 0 unspecified atom stereocenters. The molecule has 3 N–H and O–H groups in total. The number of nitrogen functional groups attached to an aromatic ring is 1. The van der Waals surface area contributed by atoms with Gasteiger partial charge in [-0.1, -0.05) is 11.6 Å². The molecule has 0 bridgehead atoms. The highest BCUT2D eigenvalue weighted by molar-refractivity contribution is 14.1. The van der Waals surface area contributed by atoms with Gasteiger partial charge in [0, 0.05) is 15.3 Å². The highest BCUT2D eigenvalue weighted by Gasteiger charge is 2.01. The van der Waals surface area contributed by atoms with E-state index in [0.29, 0.717) is 16.9 Å². The van der Waals surface area contributed by atoms with Gasteiger partial charge in [0.05, 0.1) is 0 Å². The molecule has 82 valence electrons. The van der Waals surface area contributed by atoms with Crippen LogP contribution in [0.5, 0.6) is 0 Å². The van der Waals surface area contributed by atoms with Crippen LogP contribution in [0.2, 0.25) is 5.15 Å². The molecule has 0 aliphatic heterocycles. The summed E-state index contributed by atoms with van der Waals surface area (Å²) in [4.78, 5) is 8.03. The van der Waals surface area contributed by atoms with E-state index in [-0.39, 0.29) is 0 Å². The van der Waals surface area contributed by atoms with Crippen molar-refractivity contribution >= 4 is 51.6 Å². The van der Waals surface area contributed by atoms with Gasteiger partial charge in [-0.2, -0.15) is 4.98 Å². The second-order valence-electron chi connectivity index (χ2n) is 3.07. The predicted molar refractivity (Wildman–Crippen MR) is 73.9 cm³/mol. The minimum Gasteiger partial charge on any atom is -0.383 e. The molecule has 0 fully saturated rings. The van der Waals surface area contributed by atoms with Crippen molar-refractivity contribution in [3.8, 4) is 0 Å². The van der Waals surface area contributed by atoms with Gasteiger partial charge in [-0.05, 0) is 46.9 Å². The highest BCUT2D eigenvalue weighted by Crippen LogP contribution is 2.17. The summed E-state index contributed by atoms with van der Waals surface area (Å²) in [5, 5.41) is 3.34. The Kier molecular flexibility index (Phi) is 3.45. The van der Waals surface area contributed by atoms with Crippen molar-refractivity contribution in [3.05, 3.63) is 39.1 Å². The van der Waals surface area contributed by atoms with E-state index in [1.807, 2.05) is 24.3 Å². The summed E-state index contributed by atoms with van der Waals surface area (Å²) in [5.74, 6) is 0.735. The van der Waals surface area contributed by atoms with Gasteiger partial charge >= 0.3 is 0 Å². The van der Waals surface area contributed by atoms with Gasteiger partial charge in [0.1, 0.15) is 11.0 Å². The number of benzene rings is 1. The van der Waals surface area contributed by atoms with Gasteiger partial charge in [-0.25, -0.2) is 4.98 Å². The monoisotopic (exact) mass is 346 g/mol. The molecule has 16 heavy (non-hydrogen) atoms. The lowest BCUT2D eigenvalue weighted by molar-refractivity contribution is 1.17. The van der Waals surface area contributed by atoms with Crippen LogP contribution >= 0.6 is 34.2 Å². The van der Waals surface area contributed by atoms with E-state index in [9.17, 15) is 0 Å². The Morgan fingerprint density at radius 2 is 1.88 bits per heavy atom. The molecule has 6 heteroatoms. The zero-order chi connectivity index (χ0) is 11.5. The summed E-state index contributed by atoms with van der Waals surface area (Å²) in [6.07, 6.45) is 0. The van der Waals surface area contributed by atoms with E-state index in [0.717, 1.165) is 9.26 Å². The van der Waals surface area contributed by atoms with Crippen molar-refractivity contribution < 1.29 is 0 Å². The van der Waals surface area contributed by atoms with Crippen LogP contribution in [0.4, 0.5) is 17.5 Å². The molecule has 0 radical (unpaired) electrons. The fraction of sp³-hybridized carbons (Fsp3) is 0. The Morgan fingerprint density at radius 1 is 1.19 bits per heavy atom. The molecule has 0 atom stereocenters. The summed E-state index contributed by atoms with van der Waals surface area (Å²) in [7, 11) is 0. The minimum atomic E-state index is 0.320. The molecule has 1 aromatic carbocycles. The summed E-state index contributed by atoms with van der Waals surface area (Å²) in [6, 6.07) is 9.33. The fourth-order valence-corrected chi connectivity index (χ4v) is 1.70. The maximum absolute atomic E-state index is 5.77. The van der Waals surface area contributed by atoms with Crippen LogP contribution in [0.1, 0.15) is 0 Å². The number of rotatable bonds is 2. The first kappa shape index (κ1) is 11.4. The van der Waals surface area contributed by atoms with E-state index in [1.165, 1.54) is 6.07 Å². The lowest BCUT2D eigenvalue weighted by Crippen LogP contribution is -2.00. The zero-order valence-electron chi connectivity index (χ0n) is 8.11. The maximum Gasteiger partial charge on any atom is 0.230 e. The largest absolute Gasteiger partial charge is 0.383 e. The number of halogens is 2. The van der Waals surface area contributed by atoms with Crippen LogP contribution in [-0.2, 0) is 0 Å². The van der Waals surface area contributed by atoms with Crippen LogP contribution in [-0.4, -0.2) is 9.97 Å². The number of anilines is 3. The summed E-state index contributed by atoms with van der Waals surface area (Å²) in [5.41, 5.74) is 6.45. The number of hydrogen-bond acceptors (Lipinski definition) is 4. The van der Waals surface area contributed by atoms with Gasteiger partial charge < -0.3 is 11.1 Å². The van der Waals surface area contributed by atoms with Gasteiger partial charge in [-0.15, -0.1) is 0 Å². The second-order valence-corrected chi connectivity index (χ2v) is 4.70. The Morgan fingerprint density at radius 3 is 2.50 bits per heavy atom. The molecular weight excluding hydrogens is 338 g/mol. The number of aromatic nitrogens is 2. The number of hydrogen-bond donors (Lipinski definition) is 2. The van der Waals surface area contributed by atoms with Gasteiger partial charge in [-0.3, -0.25) is 0 Å². The third-order valence-corrected chi connectivity index (χ3v) is 2.73. The molecule has 4 nitrogen and oxygen atoms in total. The average molecular weight is 347 g/mol. The average Bonchev–Trinajstić information content (AvgIpc) is 2.20. The van der Waals surface area contributed by atoms with Gasteiger partial charge in [0.15, 0.2) is 0 Å². The summed E-state index contributed by atoms with van der Waals surface area (Å²) in [6.45, 7) is 0. The quantitative estimate of drug-likeness (QED) is 0.648. The standard InChI is InChI=1S/C10H8ClIN4/c11-8-5-9(13)16-10(15-8)14-7-3-1-6(12)2-4-7/h1-5H,(H3,13,14,15,16). The lowest BCUT2D eigenvalue weighted by Gasteiger charge is -2.05. The van der Waals surface area contributed by atoms with E-state index in [2.05, 4.69) is 37.9 Å². The molecule has 1 aromatic heterocycles. The highest BCUT2D eigenvalue weighted by atomic mass is 127. The Hall–Kier alpha value is -1.08. The molecule has 0 spiro atoms. The maximum atomic E-state index is 5.77. The summed E-state index contributed by atoms with van der Waals surface area (Å²) >= 11 is 8.01. The summed E-state index contributed by atoms with van der Waals surface area (Å²) < 4.78 is 1.16. The SMILES string of the molecule is Nc1cc(Cl)nc(Nc2ccc(I)cc2)n1. The van der Waals surface area contributed by atoms with E-state index >= 15 is 0 Å². The van der Waals surface area contributed by atoms with Crippen molar-refractivity contribution in [2.24, 2.45) is 0 Å². The van der Waals surface area contributed by atoms with E-state index in [1.54, 1.807) is 0 Å². The molecule has 1 heterocycles. The number of nitrogens with two attached hydrogens (primary N) is 1.